The van der Waals surface area contributed by atoms with Crippen LogP contribution in [-0.2, 0) is 24.2 Å². The van der Waals surface area contributed by atoms with Gasteiger partial charge in [0, 0.05) is 19.4 Å². The summed E-state index contributed by atoms with van der Waals surface area (Å²) >= 11 is 0. The van der Waals surface area contributed by atoms with Gasteiger partial charge in [0.05, 0.1) is 6.04 Å². The zero-order chi connectivity index (χ0) is 18.5. The first-order valence-electron chi connectivity index (χ1n) is 8.90. The van der Waals surface area contributed by atoms with Crippen molar-refractivity contribution in [3.63, 3.8) is 0 Å². The molecule has 1 aromatic heterocycles. The number of benzene rings is 1. The monoisotopic (exact) mass is 356 g/mol. The number of rotatable bonds is 6. The fourth-order valence-corrected chi connectivity index (χ4v) is 3.19. The standard InChI is InChI=1S/C18H24N6O2/c1-2-15-22-16-13(9-6-10-24(16)23-15)20-17(25)14(21-18(19)26)11-12-7-4-3-5-8-12/h3-5,7-8,13-14H,2,6,9-11H2,1H3,(H,20,25)(H3,19,21,26). The Bertz CT molecular complexity index is 773. The van der Waals surface area contributed by atoms with Gasteiger partial charge in [-0.05, 0) is 18.4 Å². The predicted octanol–water partition coefficient (Wildman–Crippen LogP) is 1.07. The van der Waals surface area contributed by atoms with Gasteiger partial charge in [-0.2, -0.15) is 5.10 Å². The van der Waals surface area contributed by atoms with Gasteiger partial charge in [0.1, 0.15) is 11.9 Å². The highest BCUT2D eigenvalue weighted by molar-refractivity contribution is 5.87. The van der Waals surface area contributed by atoms with E-state index < -0.39 is 12.1 Å². The van der Waals surface area contributed by atoms with Gasteiger partial charge in [-0.15, -0.1) is 0 Å². The molecule has 3 rings (SSSR count). The zero-order valence-corrected chi connectivity index (χ0v) is 14.8. The van der Waals surface area contributed by atoms with Crippen LogP contribution in [0, 0.1) is 0 Å². The third kappa shape index (κ3) is 4.19. The lowest BCUT2D eigenvalue weighted by Crippen LogP contribution is -2.51. The second kappa shape index (κ2) is 7.99. The molecule has 0 radical (unpaired) electrons. The molecule has 1 aromatic carbocycles. The van der Waals surface area contributed by atoms with Crippen molar-refractivity contribution in [1.29, 1.82) is 0 Å². The number of hydrogen-bond acceptors (Lipinski definition) is 4. The van der Waals surface area contributed by atoms with Crippen molar-refractivity contribution in [3.8, 4) is 0 Å². The molecule has 2 atom stereocenters. The summed E-state index contributed by atoms with van der Waals surface area (Å²) in [6, 6.07) is 7.84. The van der Waals surface area contributed by atoms with Crippen molar-refractivity contribution < 1.29 is 9.59 Å². The lowest BCUT2D eigenvalue weighted by atomic mass is 10.0. The van der Waals surface area contributed by atoms with E-state index in [4.69, 9.17) is 5.73 Å². The Morgan fingerprint density at radius 2 is 2.12 bits per heavy atom. The molecule has 138 valence electrons. The van der Waals surface area contributed by atoms with Crippen molar-refractivity contribution >= 4 is 11.9 Å². The lowest BCUT2D eigenvalue weighted by Gasteiger charge is -2.25. The molecule has 2 heterocycles. The van der Waals surface area contributed by atoms with Crippen molar-refractivity contribution in [2.45, 2.75) is 51.2 Å². The Kier molecular flexibility index (Phi) is 5.50. The van der Waals surface area contributed by atoms with Crippen molar-refractivity contribution in [2.24, 2.45) is 5.73 Å². The van der Waals surface area contributed by atoms with Gasteiger partial charge in [0.25, 0.3) is 0 Å². The number of amides is 3. The number of nitrogens with zero attached hydrogens (tertiary/aromatic N) is 3. The van der Waals surface area contributed by atoms with Gasteiger partial charge in [-0.1, -0.05) is 37.3 Å². The summed E-state index contributed by atoms with van der Waals surface area (Å²) in [5.41, 5.74) is 6.21. The normalized spacial score (nSPS) is 17.2. The molecule has 26 heavy (non-hydrogen) atoms. The van der Waals surface area contributed by atoms with Crippen LogP contribution in [0.4, 0.5) is 4.79 Å². The average Bonchev–Trinajstić information content (AvgIpc) is 3.06. The smallest absolute Gasteiger partial charge is 0.312 e. The molecule has 0 fully saturated rings. The van der Waals surface area contributed by atoms with Gasteiger partial charge < -0.3 is 16.4 Å². The summed E-state index contributed by atoms with van der Waals surface area (Å²) in [7, 11) is 0. The first-order chi connectivity index (χ1) is 12.6. The maximum atomic E-state index is 12.8. The van der Waals surface area contributed by atoms with Gasteiger partial charge in [0.2, 0.25) is 5.91 Å². The highest BCUT2D eigenvalue weighted by Crippen LogP contribution is 2.23. The Balaban J connectivity index is 1.73. The molecule has 2 aromatic rings. The van der Waals surface area contributed by atoms with Gasteiger partial charge in [-0.3, -0.25) is 4.79 Å². The number of nitrogens with one attached hydrogen (secondary N) is 2. The number of aromatic nitrogens is 3. The Morgan fingerprint density at radius 1 is 1.35 bits per heavy atom. The first-order valence-corrected chi connectivity index (χ1v) is 8.90. The lowest BCUT2D eigenvalue weighted by molar-refractivity contribution is -0.123. The van der Waals surface area contributed by atoms with Crippen molar-refractivity contribution in [1.82, 2.24) is 25.4 Å². The third-order valence-electron chi connectivity index (χ3n) is 4.47. The molecule has 0 aliphatic carbocycles. The van der Waals surface area contributed by atoms with E-state index in [1.54, 1.807) is 0 Å². The zero-order valence-electron chi connectivity index (χ0n) is 14.8. The molecule has 1 aliphatic heterocycles. The van der Waals surface area contributed by atoms with E-state index in [-0.39, 0.29) is 11.9 Å². The molecule has 0 bridgehead atoms. The van der Waals surface area contributed by atoms with Gasteiger partial charge in [-0.25, -0.2) is 14.5 Å². The van der Waals surface area contributed by atoms with Crippen LogP contribution >= 0.6 is 0 Å². The second-order valence-electron chi connectivity index (χ2n) is 6.42. The second-order valence-corrected chi connectivity index (χ2v) is 6.42. The summed E-state index contributed by atoms with van der Waals surface area (Å²) in [5.74, 6) is 1.28. The fraction of sp³-hybridized carbons (Fsp3) is 0.444. The van der Waals surface area contributed by atoms with Gasteiger partial charge >= 0.3 is 6.03 Å². The van der Waals surface area contributed by atoms with Crippen LogP contribution in [0.5, 0.6) is 0 Å². The number of aryl methyl sites for hydroxylation is 2. The maximum Gasteiger partial charge on any atom is 0.312 e. The minimum absolute atomic E-state index is 0.211. The SMILES string of the molecule is CCc1nc2n(n1)CCCC2NC(=O)C(Cc1ccccc1)NC(N)=O. The number of carbonyl (C=O) groups is 2. The Morgan fingerprint density at radius 3 is 2.81 bits per heavy atom. The average molecular weight is 356 g/mol. The first kappa shape index (κ1) is 17.9. The largest absolute Gasteiger partial charge is 0.352 e. The molecule has 4 N–H and O–H groups in total. The Labute approximate surface area is 152 Å². The Hall–Kier alpha value is -2.90. The number of carbonyl (C=O) groups excluding carboxylic acids is 2. The number of nitrogens with two attached hydrogens (primary N) is 1. The summed E-state index contributed by atoms with van der Waals surface area (Å²) in [4.78, 5) is 28.7. The fourth-order valence-electron chi connectivity index (χ4n) is 3.19. The molecular formula is C18H24N6O2. The van der Waals surface area contributed by atoms with Crippen molar-refractivity contribution in [2.75, 3.05) is 0 Å². The van der Waals surface area contributed by atoms with E-state index in [9.17, 15) is 9.59 Å². The highest BCUT2D eigenvalue weighted by Gasteiger charge is 2.28. The molecule has 0 saturated heterocycles. The topological polar surface area (TPSA) is 115 Å². The number of primary amides is 1. The molecule has 8 heteroatoms. The van der Waals surface area contributed by atoms with Crippen LogP contribution in [0.2, 0.25) is 0 Å². The summed E-state index contributed by atoms with van der Waals surface area (Å²) in [6.45, 7) is 2.81. The third-order valence-corrected chi connectivity index (χ3v) is 4.47. The van der Waals surface area contributed by atoms with E-state index in [0.29, 0.717) is 6.42 Å². The van der Waals surface area contributed by atoms with Crippen LogP contribution < -0.4 is 16.4 Å². The van der Waals surface area contributed by atoms with E-state index in [1.165, 1.54) is 0 Å². The maximum absolute atomic E-state index is 12.8. The molecule has 0 spiro atoms. The molecule has 8 nitrogen and oxygen atoms in total. The summed E-state index contributed by atoms with van der Waals surface area (Å²) in [6.07, 6.45) is 2.83. The predicted molar refractivity (Wildman–Crippen MR) is 96.2 cm³/mol. The summed E-state index contributed by atoms with van der Waals surface area (Å²) < 4.78 is 1.86. The van der Waals surface area contributed by atoms with Gasteiger partial charge in [0.15, 0.2) is 5.82 Å². The number of hydrogen-bond donors (Lipinski definition) is 3. The molecule has 3 amide bonds. The van der Waals surface area contributed by atoms with E-state index >= 15 is 0 Å². The highest BCUT2D eigenvalue weighted by atomic mass is 16.2. The molecule has 0 saturated carbocycles. The number of urea groups is 1. The molecular weight excluding hydrogens is 332 g/mol. The van der Waals surface area contributed by atoms with E-state index in [2.05, 4.69) is 20.7 Å². The van der Waals surface area contributed by atoms with Crippen LogP contribution in [0.3, 0.4) is 0 Å². The van der Waals surface area contributed by atoms with E-state index in [0.717, 1.165) is 43.0 Å². The molecule has 2 unspecified atom stereocenters. The molecule has 1 aliphatic rings. The van der Waals surface area contributed by atoms with Crippen molar-refractivity contribution in [3.05, 3.63) is 47.5 Å². The minimum atomic E-state index is -0.737. The van der Waals surface area contributed by atoms with Crippen LogP contribution in [0.15, 0.2) is 30.3 Å². The van der Waals surface area contributed by atoms with Crippen LogP contribution in [-0.4, -0.2) is 32.7 Å². The van der Waals surface area contributed by atoms with Crippen LogP contribution in [0.25, 0.3) is 0 Å². The quantitative estimate of drug-likeness (QED) is 0.718. The summed E-state index contributed by atoms with van der Waals surface area (Å²) in [5, 5.41) is 10.00. The number of fused-ring (bicyclic) bond motifs is 1. The van der Waals surface area contributed by atoms with E-state index in [1.807, 2.05) is 41.9 Å². The minimum Gasteiger partial charge on any atom is -0.352 e. The van der Waals surface area contributed by atoms with Crippen LogP contribution in [0.1, 0.15) is 43.0 Å².